The molecule has 1 saturated heterocycles. The van der Waals surface area contributed by atoms with E-state index in [1.165, 1.54) is 4.90 Å². The minimum Gasteiger partial charge on any atom is -0.443 e. The molecule has 1 aliphatic carbocycles. The maximum atomic E-state index is 12.3. The van der Waals surface area contributed by atoms with Crippen LogP contribution in [0.15, 0.2) is 0 Å². The first kappa shape index (κ1) is 15.3. The molecule has 2 rings (SSSR count). The van der Waals surface area contributed by atoms with Gasteiger partial charge in [-0.05, 0) is 58.8 Å². The van der Waals surface area contributed by atoms with Gasteiger partial charge in [-0.2, -0.15) is 0 Å². The normalized spacial score (nSPS) is 30.9. The van der Waals surface area contributed by atoms with Crippen molar-refractivity contribution < 1.29 is 19.4 Å². The van der Waals surface area contributed by atoms with Gasteiger partial charge in [0.2, 0.25) is 5.91 Å². The Balaban J connectivity index is 2.13. The summed E-state index contributed by atoms with van der Waals surface area (Å²) >= 11 is 0. The molecule has 1 heterocycles. The van der Waals surface area contributed by atoms with Crippen molar-refractivity contribution in [3.05, 3.63) is 0 Å². The van der Waals surface area contributed by atoms with E-state index in [0.29, 0.717) is 12.3 Å². The van der Waals surface area contributed by atoms with Crippen LogP contribution in [0.4, 0.5) is 4.79 Å². The molecule has 2 aliphatic rings. The second-order valence-electron chi connectivity index (χ2n) is 7.06. The molecule has 5 nitrogen and oxygen atoms in total. The summed E-state index contributed by atoms with van der Waals surface area (Å²) in [7, 11) is 0. The van der Waals surface area contributed by atoms with Gasteiger partial charge in [0, 0.05) is 13.0 Å². The van der Waals surface area contributed by atoms with E-state index < -0.39 is 11.7 Å². The van der Waals surface area contributed by atoms with Crippen LogP contribution in [0.1, 0.15) is 59.3 Å². The van der Waals surface area contributed by atoms with Gasteiger partial charge in [0.1, 0.15) is 5.60 Å². The lowest BCUT2D eigenvalue weighted by molar-refractivity contribution is -0.131. The average molecular weight is 283 g/mol. The molecule has 0 bridgehead atoms. The van der Waals surface area contributed by atoms with E-state index in [1.54, 1.807) is 20.8 Å². The van der Waals surface area contributed by atoms with E-state index in [2.05, 4.69) is 0 Å². The summed E-state index contributed by atoms with van der Waals surface area (Å²) in [5, 5.41) is 9.23. The standard InChI is InChI=1S/C15H25NO4/c1-14(2,3)20-13(19)16-12(18)6-9-15(16)7-4-11(10-17)5-8-15/h11,17H,4-10H2,1-3H3. The molecule has 0 aromatic carbocycles. The summed E-state index contributed by atoms with van der Waals surface area (Å²) in [5.74, 6) is 0.179. The molecule has 0 aromatic heterocycles. The number of carbonyl (C=O) groups excluding carboxylic acids is 2. The largest absolute Gasteiger partial charge is 0.443 e. The van der Waals surface area contributed by atoms with Crippen molar-refractivity contribution in [3.63, 3.8) is 0 Å². The van der Waals surface area contributed by atoms with Crippen molar-refractivity contribution in [1.29, 1.82) is 0 Å². The molecule has 5 heteroatoms. The van der Waals surface area contributed by atoms with E-state index in [1.807, 2.05) is 0 Å². The third-order valence-corrected chi connectivity index (χ3v) is 4.40. The predicted molar refractivity (Wildman–Crippen MR) is 74.1 cm³/mol. The number of nitrogens with zero attached hydrogens (tertiary/aromatic N) is 1. The maximum Gasteiger partial charge on any atom is 0.417 e. The van der Waals surface area contributed by atoms with Gasteiger partial charge in [0.25, 0.3) is 0 Å². The molecule has 1 saturated carbocycles. The fraction of sp³-hybridized carbons (Fsp3) is 0.867. The van der Waals surface area contributed by atoms with E-state index >= 15 is 0 Å². The van der Waals surface area contributed by atoms with Crippen molar-refractivity contribution in [2.24, 2.45) is 5.92 Å². The molecule has 1 N–H and O–H groups in total. The minimum absolute atomic E-state index is 0.123. The third-order valence-electron chi connectivity index (χ3n) is 4.40. The quantitative estimate of drug-likeness (QED) is 0.802. The zero-order valence-corrected chi connectivity index (χ0v) is 12.6. The highest BCUT2D eigenvalue weighted by Gasteiger charge is 2.51. The first-order valence-corrected chi connectivity index (χ1v) is 7.44. The Bertz CT molecular complexity index is 391. The van der Waals surface area contributed by atoms with Crippen LogP contribution >= 0.6 is 0 Å². The predicted octanol–water partition coefficient (Wildman–Crippen LogP) is 2.47. The molecular formula is C15H25NO4. The van der Waals surface area contributed by atoms with Crippen molar-refractivity contribution in [1.82, 2.24) is 4.90 Å². The Hall–Kier alpha value is -1.10. The number of ether oxygens (including phenoxy) is 1. The fourth-order valence-electron chi connectivity index (χ4n) is 3.30. The molecule has 20 heavy (non-hydrogen) atoms. The number of carbonyl (C=O) groups is 2. The van der Waals surface area contributed by atoms with Crippen LogP contribution in [0.3, 0.4) is 0 Å². The monoisotopic (exact) mass is 283 g/mol. The molecule has 2 amide bonds. The highest BCUT2D eigenvalue weighted by Crippen LogP contribution is 2.44. The van der Waals surface area contributed by atoms with Gasteiger partial charge >= 0.3 is 6.09 Å². The first-order valence-electron chi connectivity index (χ1n) is 7.44. The number of imide groups is 1. The molecule has 1 spiro atoms. The summed E-state index contributed by atoms with van der Waals surface area (Å²) in [6.45, 7) is 5.61. The summed E-state index contributed by atoms with van der Waals surface area (Å²) in [6, 6.07) is 0. The second-order valence-corrected chi connectivity index (χ2v) is 7.06. The fourth-order valence-corrected chi connectivity index (χ4v) is 3.30. The third kappa shape index (κ3) is 2.97. The van der Waals surface area contributed by atoms with Crippen LogP contribution in [0.5, 0.6) is 0 Å². The Kier molecular flexibility index (Phi) is 4.09. The van der Waals surface area contributed by atoms with Gasteiger partial charge in [-0.25, -0.2) is 9.69 Å². The Labute approximate surface area is 120 Å². The smallest absolute Gasteiger partial charge is 0.417 e. The van der Waals surface area contributed by atoms with Crippen molar-refractivity contribution in [2.45, 2.75) is 70.4 Å². The van der Waals surface area contributed by atoms with E-state index in [-0.39, 0.29) is 18.1 Å². The number of aliphatic hydroxyl groups excluding tert-OH is 1. The summed E-state index contributed by atoms with van der Waals surface area (Å²) in [4.78, 5) is 25.8. The highest BCUT2D eigenvalue weighted by atomic mass is 16.6. The van der Waals surface area contributed by atoms with Gasteiger partial charge in [0.05, 0.1) is 5.54 Å². The lowest BCUT2D eigenvalue weighted by Gasteiger charge is -2.42. The van der Waals surface area contributed by atoms with Gasteiger partial charge in [-0.3, -0.25) is 4.79 Å². The van der Waals surface area contributed by atoms with Gasteiger partial charge < -0.3 is 9.84 Å². The number of rotatable bonds is 1. The topological polar surface area (TPSA) is 66.8 Å². The van der Waals surface area contributed by atoms with Crippen LogP contribution in [-0.4, -0.2) is 39.8 Å². The number of aliphatic hydroxyl groups is 1. The van der Waals surface area contributed by atoms with Crippen LogP contribution in [0.25, 0.3) is 0 Å². The molecule has 1 aliphatic heterocycles. The Morgan fingerprint density at radius 3 is 2.45 bits per heavy atom. The van der Waals surface area contributed by atoms with E-state index in [0.717, 1.165) is 32.1 Å². The molecule has 0 aromatic rings. The molecule has 2 fully saturated rings. The van der Waals surface area contributed by atoms with Crippen LogP contribution in [0.2, 0.25) is 0 Å². The van der Waals surface area contributed by atoms with Gasteiger partial charge in [-0.15, -0.1) is 0 Å². The van der Waals surface area contributed by atoms with Crippen LogP contribution in [-0.2, 0) is 9.53 Å². The lowest BCUT2D eigenvalue weighted by atomic mass is 9.75. The molecule has 0 unspecified atom stereocenters. The molecule has 0 atom stereocenters. The van der Waals surface area contributed by atoms with Gasteiger partial charge in [-0.1, -0.05) is 0 Å². The highest BCUT2D eigenvalue weighted by molar-refractivity contribution is 5.95. The lowest BCUT2D eigenvalue weighted by Crippen LogP contribution is -2.52. The van der Waals surface area contributed by atoms with E-state index in [4.69, 9.17) is 4.74 Å². The van der Waals surface area contributed by atoms with E-state index in [9.17, 15) is 14.7 Å². The molecule has 114 valence electrons. The van der Waals surface area contributed by atoms with Gasteiger partial charge in [0.15, 0.2) is 0 Å². The number of hydrogen-bond acceptors (Lipinski definition) is 4. The Morgan fingerprint density at radius 1 is 1.35 bits per heavy atom. The molecule has 0 radical (unpaired) electrons. The zero-order chi connectivity index (χ0) is 15.0. The summed E-state index contributed by atoms with van der Waals surface area (Å²) in [6.07, 6.45) is 3.92. The average Bonchev–Trinajstić information content (AvgIpc) is 2.65. The van der Waals surface area contributed by atoms with Crippen molar-refractivity contribution in [3.8, 4) is 0 Å². The summed E-state index contributed by atoms with van der Waals surface area (Å²) in [5.41, 5.74) is -0.964. The number of hydrogen-bond donors (Lipinski definition) is 1. The van der Waals surface area contributed by atoms with Crippen molar-refractivity contribution in [2.75, 3.05) is 6.61 Å². The maximum absolute atomic E-state index is 12.3. The molecular weight excluding hydrogens is 258 g/mol. The summed E-state index contributed by atoms with van der Waals surface area (Å²) < 4.78 is 5.39. The first-order chi connectivity index (χ1) is 9.27. The van der Waals surface area contributed by atoms with Crippen molar-refractivity contribution >= 4 is 12.0 Å². The van der Waals surface area contributed by atoms with Crippen LogP contribution in [0, 0.1) is 5.92 Å². The minimum atomic E-state index is -0.594. The number of likely N-dealkylation sites (tertiary alicyclic amines) is 1. The zero-order valence-electron chi connectivity index (χ0n) is 12.6. The second kappa shape index (κ2) is 5.35. The number of amides is 2. The SMILES string of the molecule is CC(C)(C)OC(=O)N1C(=O)CCC12CCC(CO)CC2. The Morgan fingerprint density at radius 2 is 1.95 bits per heavy atom. The van der Waals surface area contributed by atoms with Crippen LogP contribution < -0.4 is 0 Å².